The normalized spacial score (nSPS) is 10.6. The van der Waals surface area contributed by atoms with Crippen LogP contribution in [0, 0.1) is 10.1 Å². The van der Waals surface area contributed by atoms with E-state index in [1.165, 1.54) is 12.1 Å². The lowest BCUT2D eigenvalue weighted by molar-refractivity contribution is -0.384. The van der Waals surface area contributed by atoms with Gasteiger partial charge < -0.3 is 10.1 Å². The molecule has 112 valence electrons. The predicted octanol–water partition coefficient (Wildman–Crippen LogP) is 2.91. The molecule has 0 aliphatic rings. The summed E-state index contributed by atoms with van der Waals surface area (Å²) in [6.07, 6.45) is 0.910. The molecule has 0 bridgehead atoms. The van der Waals surface area contributed by atoms with Crippen LogP contribution in [0.25, 0.3) is 0 Å². The van der Waals surface area contributed by atoms with Crippen LogP contribution in [0.1, 0.15) is 23.2 Å². The Kier molecular flexibility index (Phi) is 5.24. The molecule has 7 heteroatoms. The van der Waals surface area contributed by atoms with E-state index in [-0.39, 0.29) is 5.69 Å². The van der Waals surface area contributed by atoms with E-state index in [1.807, 2.05) is 5.38 Å². The van der Waals surface area contributed by atoms with Gasteiger partial charge in [-0.2, -0.15) is 0 Å². The summed E-state index contributed by atoms with van der Waals surface area (Å²) in [5.41, 5.74) is 1.71. The minimum absolute atomic E-state index is 0.0644. The summed E-state index contributed by atoms with van der Waals surface area (Å²) in [4.78, 5) is 14.8. The average Bonchev–Trinajstić information content (AvgIpc) is 2.94. The third-order valence-electron chi connectivity index (χ3n) is 2.90. The number of aromatic nitrogens is 1. The van der Waals surface area contributed by atoms with Gasteiger partial charge >= 0.3 is 0 Å². The van der Waals surface area contributed by atoms with Crippen LogP contribution in [0.3, 0.4) is 0 Å². The topological polar surface area (TPSA) is 77.3 Å². The maximum Gasteiger partial charge on any atom is 0.270 e. The van der Waals surface area contributed by atoms with Gasteiger partial charge in [-0.3, -0.25) is 10.1 Å². The minimum atomic E-state index is -0.406. The number of aryl methyl sites for hydroxylation is 1. The van der Waals surface area contributed by atoms with Crippen LogP contribution >= 0.6 is 11.3 Å². The molecule has 1 aromatic heterocycles. The smallest absolute Gasteiger partial charge is 0.270 e. The van der Waals surface area contributed by atoms with Crippen LogP contribution in [-0.4, -0.2) is 17.0 Å². The van der Waals surface area contributed by atoms with E-state index in [2.05, 4.69) is 17.2 Å². The molecule has 21 heavy (non-hydrogen) atoms. The number of nitro groups is 1. The van der Waals surface area contributed by atoms with Crippen molar-refractivity contribution in [1.82, 2.24) is 10.3 Å². The standard InChI is InChI=1S/C14H17N3O3S/c1-3-14-16-11(9-21-14)8-20-13-5-4-12(17(18)19)6-10(13)7-15-2/h4-6,9,15H,3,7-8H2,1-2H3. The fraction of sp³-hybridized carbons (Fsp3) is 0.357. The van der Waals surface area contributed by atoms with Crippen molar-refractivity contribution in [2.45, 2.75) is 26.5 Å². The predicted molar refractivity (Wildman–Crippen MR) is 81.7 cm³/mol. The van der Waals surface area contributed by atoms with Crippen molar-refractivity contribution in [2.75, 3.05) is 7.05 Å². The van der Waals surface area contributed by atoms with Crippen LogP contribution < -0.4 is 10.1 Å². The second kappa shape index (κ2) is 7.14. The van der Waals surface area contributed by atoms with Crippen LogP contribution in [0.4, 0.5) is 5.69 Å². The van der Waals surface area contributed by atoms with Gasteiger partial charge in [0.25, 0.3) is 5.69 Å². The lowest BCUT2D eigenvalue weighted by atomic mass is 10.1. The second-order valence-corrected chi connectivity index (χ2v) is 5.40. The van der Waals surface area contributed by atoms with Crippen LogP contribution in [0.2, 0.25) is 0 Å². The highest BCUT2D eigenvalue weighted by Crippen LogP contribution is 2.25. The molecule has 0 fully saturated rings. The number of ether oxygens (including phenoxy) is 1. The average molecular weight is 307 g/mol. The number of nitrogens with one attached hydrogen (secondary N) is 1. The first-order valence-corrected chi connectivity index (χ1v) is 7.50. The molecule has 0 atom stereocenters. The number of hydrogen-bond donors (Lipinski definition) is 1. The zero-order valence-corrected chi connectivity index (χ0v) is 12.8. The summed E-state index contributed by atoms with van der Waals surface area (Å²) in [5.74, 6) is 0.640. The first-order chi connectivity index (χ1) is 10.1. The molecule has 0 aliphatic carbocycles. The summed E-state index contributed by atoms with van der Waals surface area (Å²) in [6.45, 7) is 2.93. The van der Waals surface area contributed by atoms with E-state index < -0.39 is 4.92 Å². The fourth-order valence-electron chi connectivity index (χ4n) is 1.88. The molecule has 0 radical (unpaired) electrons. The third kappa shape index (κ3) is 3.99. The molecule has 2 aromatic rings. The van der Waals surface area contributed by atoms with E-state index in [4.69, 9.17) is 4.74 Å². The van der Waals surface area contributed by atoms with Crippen molar-refractivity contribution < 1.29 is 9.66 Å². The molecule has 0 amide bonds. The second-order valence-electron chi connectivity index (χ2n) is 4.45. The molecule has 0 saturated carbocycles. The number of non-ortho nitro benzene ring substituents is 1. The zero-order valence-electron chi connectivity index (χ0n) is 12.0. The van der Waals surface area contributed by atoms with Gasteiger partial charge in [0.15, 0.2) is 0 Å². The minimum Gasteiger partial charge on any atom is -0.487 e. The molecular weight excluding hydrogens is 290 g/mol. The number of thiazole rings is 1. The summed E-state index contributed by atoms with van der Waals surface area (Å²) in [7, 11) is 1.79. The molecule has 1 heterocycles. The molecule has 0 saturated heterocycles. The van der Waals surface area contributed by atoms with Crippen LogP contribution in [0.15, 0.2) is 23.6 Å². The van der Waals surface area contributed by atoms with Crippen LogP contribution in [0.5, 0.6) is 5.75 Å². The van der Waals surface area contributed by atoms with E-state index >= 15 is 0 Å². The molecule has 6 nitrogen and oxygen atoms in total. The molecular formula is C14H17N3O3S. The van der Waals surface area contributed by atoms with E-state index in [1.54, 1.807) is 24.5 Å². The fourth-order valence-corrected chi connectivity index (χ4v) is 2.61. The van der Waals surface area contributed by atoms with Gasteiger partial charge in [-0.15, -0.1) is 11.3 Å². The lowest BCUT2D eigenvalue weighted by Crippen LogP contribution is -2.08. The Bertz CT molecular complexity index is 628. The Morgan fingerprint density at radius 1 is 1.48 bits per heavy atom. The summed E-state index contributed by atoms with van der Waals surface area (Å²) in [6, 6.07) is 4.62. The van der Waals surface area contributed by atoms with Gasteiger partial charge in [0.1, 0.15) is 12.4 Å². The van der Waals surface area contributed by atoms with Gasteiger partial charge in [-0.1, -0.05) is 6.92 Å². The lowest BCUT2D eigenvalue weighted by Gasteiger charge is -2.10. The van der Waals surface area contributed by atoms with Gasteiger partial charge in [0, 0.05) is 29.6 Å². The van der Waals surface area contributed by atoms with Gasteiger partial charge in [0.05, 0.1) is 15.6 Å². The number of nitro benzene ring substituents is 1. The highest BCUT2D eigenvalue weighted by atomic mass is 32.1. The largest absolute Gasteiger partial charge is 0.487 e. The highest BCUT2D eigenvalue weighted by Gasteiger charge is 2.12. The summed E-state index contributed by atoms with van der Waals surface area (Å²) in [5, 5.41) is 16.9. The van der Waals surface area contributed by atoms with Gasteiger partial charge in [-0.25, -0.2) is 4.98 Å². The highest BCUT2D eigenvalue weighted by molar-refractivity contribution is 7.09. The Labute approximate surface area is 126 Å². The Morgan fingerprint density at radius 2 is 2.29 bits per heavy atom. The Balaban J connectivity index is 2.12. The van der Waals surface area contributed by atoms with Crippen molar-refractivity contribution in [2.24, 2.45) is 0 Å². The van der Waals surface area contributed by atoms with Crippen molar-refractivity contribution in [3.63, 3.8) is 0 Å². The number of benzene rings is 1. The number of nitrogens with zero attached hydrogens (tertiary/aromatic N) is 2. The molecule has 0 unspecified atom stereocenters. The Hall–Kier alpha value is -1.99. The first-order valence-electron chi connectivity index (χ1n) is 6.62. The maximum atomic E-state index is 10.8. The van der Waals surface area contributed by atoms with E-state index in [9.17, 15) is 10.1 Å². The molecule has 0 spiro atoms. The van der Waals surface area contributed by atoms with Gasteiger partial charge in [0.2, 0.25) is 0 Å². The van der Waals surface area contributed by atoms with Crippen molar-refractivity contribution in [1.29, 1.82) is 0 Å². The van der Waals surface area contributed by atoms with Crippen molar-refractivity contribution in [3.8, 4) is 5.75 Å². The van der Waals surface area contributed by atoms with E-state index in [0.717, 1.165) is 22.7 Å². The molecule has 0 aliphatic heterocycles. The quantitative estimate of drug-likeness (QED) is 0.628. The Morgan fingerprint density at radius 3 is 2.90 bits per heavy atom. The molecule has 1 aromatic carbocycles. The van der Waals surface area contributed by atoms with Crippen molar-refractivity contribution >= 4 is 17.0 Å². The SMILES string of the molecule is CCc1nc(COc2ccc([N+](=O)[O-])cc2CNC)cs1. The molecule has 2 rings (SSSR count). The maximum absolute atomic E-state index is 10.8. The number of rotatable bonds is 7. The van der Waals surface area contributed by atoms with Crippen LogP contribution in [-0.2, 0) is 19.6 Å². The summed E-state index contributed by atoms with van der Waals surface area (Å²) >= 11 is 1.61. The van der Waals surface area contributed by atoms with E-state index in [0.29, 0.717) is 18.9 Å². The zero-order chi connectivity index (χ0) is 15.2. The summed E-state index contributed by atoms with van der Waals surface area (Å²) < 4.78 is 5.75. The number of hydrogen-bond acceptors (Lipinski definition) is 6. The monoisotopic (exact) mass is 307 g/mol. The van der Waals surface area contributed by atoms with Crippen molar-refractivity contribution in [3.05, 3.63) is 50.0 Å². The van der Waals surface area contributed by atoms with Gasteiger partial charge in [-0.05, 0) is 19.5 Å². The first kappa shape index (κ1) is 15.4. The third-order valence-corrected chi connectivity index (χ3v) is 3.94. The molecule has 1 N–H and O–H groups in total.